The number of rotatable bonds is 5. The number of hydrogen-bond acceptors (Lipinski definition) is 4. The first-order valence-corrected chi connectivity index (χ1v) is 13.6. The van der Waals surface area contributed by atoms with Crippen LogP contribution in [0.3, 0.4) is 0 Å². The summed E-state index contributed by atoms with van der Waals surface area (Å²) >= 11 is 0. The second-order valence-electron chi connectivity index (χ2n) is 10.1. The summed E-state index contributed by atoms with van der Waals surface area (Å²) < 4.78 is 0. The van der Waals surface area contributed by atoms with Crippen molar-refractivity contribution in [2.75, 3.05) is 0 Å². The fourth-order valence-electron chi connectivity index (χ4n) is 5.13. The molecule has 0 unspecified atom stereocenters. The van der Waals surface area contributed by atoms with E-state index >= 15 is 0 Å². The van der Waals surface area contributed by atoms with Gasteiger partial charge in [0.1, 0.15) is 0 Å². The van der Waals surface area contributed by atoms with Crippen LogP contribution in [-0.2, 0) is 0 Å². The number of benzene rings is 5. The molecule has 0 atom stereocenters. The first kappa shape index (κ1) is 24.6. The van der Waals surface area contributed by atoms with E-state index in [9.17, 15) is 0 Å². The molecule has 5 aromatic carbocycles. The van der Waals surface area contributed by atoms with Gasteiger partial charge in [0.05, 0.1) is 0 Å². The molecule has 0 spiro atoms. The summed E-state index contributed by atoms with van der Waals surface area (Å²) in [5.41, 5.74) is 8.15. The van der Waals surface area contributed by atoms with Crippen molar-refractivity contribution >= 4 is 10.8 Å². The van der Waals surface area contributed by atoms with Crippen LogP contribution in [0, 0.1) is 6.92 Å². The third-order valence-corrected chi connectivity index (χ3v) is 7.24. The number of fused-ring (bicyclic) bond motifs is 1. The summed E-state index contributed by atoms with van der Waals surface area (Å²) in [6, 6.07) is 45.8. The smallest absolute Gasteiger partial charge is 0.164 e. The lowest BCUT2D eigenvalue weighted by Gasteiger charge is -2.13. The highest BCUT2D eigenvalue weighted by atomic mass is 15.0. The van der Waals surface area contributed by atoms with Gasteiger partial charge < -0.3 is 0 Å². The van der Waals surface area contributed by atoms with Gasteiger partial charge in [-0.2, -0.15) is 0 Å². The Morgan fingerprint density at radius 3 is 1.63 bits per heavy atom. The van der Waals surface area contributed by atoms with Crippen molar-refractivity contribution in [1.29, 1.82) is 0 Å². The van der Waals surface area contributed by atoms with Crippen molar-refractivity contribution in [3.63, 3.8) is 0 Å². The summed E-state index contributed by atoms with van der Waals surface area (Å²) in [7, 11) is 0. The predicted molar refractivity (Wildman–Crippen MR) is 167 cm³/mol. The van der Waals surface area contributed by atoms with Crippen LogP contribution in [-0.4, -0.2) is 19.9 Å². The fraction of sp³-hybridized carbons (Fsp3) is 0.0270. The summed E-state index contributed by atoms with van der Waals surface area (Å²) in [4.78, 5) is 19.5. The number of aryl methyl sites for hydroxylation is 1. The number of nitrogens with zero attached hydrogens (tertiary/aromatic N) is 4. The normalized spacial score (nSPS) is 11.0. The van der Waals surface area contributed by atoms with Crippen LogP contribution in [0.15, 0.2) is 140 Å². The molecule has 0 bridgehead atoms. The van der Waals surface area contributed by atoms with Gasteiger partial charge in [-0.25, -0.2) is 15.0 Å². The van der Waals surface area contributed by atoms with Crippen LogP contribution >= 0.6 is 0 Å². The van der Waals surface area contributed by atoms with E-state index in [0.717, 1.165) is 44.6 Å². The molecule has 0 saturated carbocycles. The van der Waals surface area contributed by atoms with Crippen LogP contribution in [0.4, 0.5) is 0 Å². The summed E-state index contributed by atoms with van der Waals surface area (Å²) in [5.74, 6) is 1.91. The Hall–Kier alpha value is -5.48. The quantitative estimate of drug-likeness (QED) is 0.224. The lowest BCUT2D eigenvalue weighted by atomic mass is 9.93. The molecule has 2 aromatic heterocycles. The van der Waals surface area contributed by atoms with Crippen molar-refractivity contribution in [1.82, 2.24) is 19.9 Å². The summed E-state index contributed by atoms with van der Waals surface area (Å²) in [6.07, 6.45) is 1.93. The third-order valence-electron chi connectivity index (χ3n) is 7.24. The van der Waals surface area contributed by atoms with E-state index in [1.54, 1.807) is 0 Å². The first-order chi connectivity index (χ1) is 20.2. The maximum absolute atomic E-state index is 5.01. The minimum absolute atomic E-state index is 0.626. The molecule has 0 aliphatic heterocycles. The van der Waals surface area contributed by atoms with E-state index < -0.39 is 0 Å². The average molecular weight is 527 g/mol. The van der Waals surface area contributed by atoms with Gasteiger partial charge in [0.25, 0.3) is 0 Å². The number of pyridine rings is 1. The molecule has 0 N–H and O–H groups in total. The Balaban J connectivity index is 1.48. The third kappa shape index (κ3) is 4.99. The molecule has 0 aliphatic rings. The Morgan fingerprint density at radius 1 is 0.415 bits per heavy atom. The summed E-state index contributed by atoms with van der Waals surface area (Å²) in [6.45, 7) is 2.00. The van der Waals surface area contributed by atoms with E-state index in [1.807, 2.05) is 79.9 Å². The maximum Gasteiger partial charge on any atom is 0.164 e. The molecule has 0 fully saturated rings. The highest BCUT2D eigenvalue weighted by Gasteiger charge is 2.15. The van der Waals surface area contributed by atoms with Crippen LogP contribution in [0.2, 0.25) is 0 Å². The Labute approximate surface area is 239 Å². The standard InChI is InChI=1S/C37H26N4/c1-25-19-20-29(24-38-25)30-21-31(34-18-10-16-26-11-8-9-17-33(26)34)23-32(22-30)37-40-35(27-12-4-2-5-13-27)39-36(41-37)28-14-6-3-7-15-28/h2-24H,1H3. The molecular weight excluding hydrogens is 500 g/mol. The van der Waals surface area contributed by atoms with Crippen LogP contribution in [0.5, 0.6) is 0 Å². The molecule has 4 nitrogen and oxygen atoms in total. The summed E-state index contributed by atoms with van der Waals surface area (Å²) in [5, 5.41) is 2.40. The fourth-order valence-corrected chi connectivity index (χ4v) is 5.13. The first-order valence-electron chi connectivity index (χ1n) is 13.6. The molecule has 7 rings (SSSR count). The minimum atomic E-state index is 0.626. The van der Waals surface area contributed by atoms with E-state index in [-0.39, 0.29) is 0 Å². The van der Waals surface area contributed by atoms with Crippen molar-refractivity contribution in [2.45, 2.75) is 6.92 Å². The van der Waals surface area contributed by atoms with E-state index in [1.165, 1.54) is 10.8 Å². The van der Waals surface area contributed by atoms with Gasteiger partial charge in [0.2, 0.25) is 0 Å². The zero-order valence-electron chi connectivity index (χ0n) is 22.6. The Bertz CT molecular complexity index is 1920. The van der Waals surface area contributed by atoms with Crippen molar-refractivity contribution in [3.8, 4) is 56.4 Å². The monoisotopic (exact) mass is 526 g/mol. The molecule has 0 radical (unpaired) electrons. The molecular formula is C37H26N4. The molecule has 0 saturated heterocycles. The second-order valence-corrected chi connectivity index (χ2v) is 10.1. The molecule has 0 amide bonds. The van der Waals surface area contributed by atoms with Gasteiger partial charge in [-0.05, 0) is 58.7 Å². The molecule has 0 aliphatic carbocycles. The molecule has 4 heteroatoms. The zero-order valence-corrected chi connectivity index (χ0v) is 22.6. The van der Waals surface area contributed by atoms with Gasteiger partial charge in [-0.1, -0.05) is 109 Å². The van der Waals surface area contributed by atoms with E-state index in [4.69, 9.17) is 15.0 Å². The SMILES string of the molecule is Cc1ccc(-c2cc(-c3nc(-c4ccccc4)nc(-c4ccccc4)n3)cc(-c3cccc4ccccc34)c2)cn1. The lowest BCUT2D eigenvalue weighted by Crippen LogP contribution is -2.00. The van der Waals surface area contributed by atoms with Crippen molar-refractivity contribution in [2.24, 2.45) is 0 Å². The van der Waals surface area contributed by atoms with Gasteiger partial charge in [-0.15, -0.1) is 0 Å². The predicted octanol–water partition coefficient (Wildman–Crippen LogP) is 9.06. The average Bonchev–Trinajstić information content (AvgIpc) is 3.05. The largest absolute Gasteiger partial charge is 0.261 e. The van der Waals surface area contributed by atoms with E-state index in [2.05, 4.69) is 71.7 Å². The van der Waals surface area contributed by atoms with Gasteiger partial charge in [-0.3, -0.25) is 4.98 Å². The van der Waals surface area contributed by atoms with Crippen LogP contribution in [0.25, 0.3) is 67.2 Å². The van der Waals surface area contributed by atoms with Gasteiger partial charge in [0, 0.05) is 34.1 Å². The topological polar surface area (TPSA) is 51.6 Å². The Morgan fingerprint density at radius 2 is 0.976 bits per heavy atom. The Kier molecular flexibility index (Phi) is 6.34. The number of hydrogen-bond donors (Lipinski definition) is 0. The van der Waals surface area contributed by atoms with Gasteiger partial charge >= 0.3 is 0 Å². The van der Waals surface area contributed by atoms with E-state index in [0.29, 0.717) is 17.5 Å². The van der Waals surface area contributed by atoms with Crippen LogP contribution < -0.4 is 0 Å². The van der Waals surface area contributed by atoms with Crippen molar-refractivity contribution in [3.05, 3.63) is 145 Å². The van der Waals surface area contributed by atoms with Crippen LogP contribution in [0.1, 0.15) is 5.69 Å². The minimum Gasteiger partial charge on any atom is -0.261 e. The second kappa shape index (κ2) is 10.6. The highest BCUT2D eigenvalue weighted by Crippen LogP contribution is 2.36. The molecule has 41 heavy (non-hydrogen) atoms. The maximum atomic E-state index is 5.01. The van der Waals surface area contributed by atoms with Gasteiger partial charge in [0.15, 0.2) is 17.5 Å². The lowest BCUT2D eigenvalue weighted by molar-refractivity contribution is 1.07. The molecule has 2 heterocycles. The molecule has 194 valence electrons. The zero-order chi connectivity index (χ0) is 27.6. The van der Waals surface area contributed by atoms with Crippen molar-refractivity contribution < 1.29 is 0 Å². The number of aromatic nitrogens is 4. The molecule has 7 aromatic rings. The highest BCUT2D eigenvalue weighted by molar-refractivity contribution is 5.98.